The first kappa shape index (κ1) is 14.8. The van der Waals surface area contributed by atoms with E-state index >= 15 is 0 Å². The Bertz CT molecular complexity index is 271. The minimum atomic E-state index is 0.334. The van der Waals surface area contributed by atoms with E-state index < -0.39 is 0 Å². The molecule has 19 heavy (non-hydrogen) atoms. The second-order valence-electron chi connectivity index (χ2n) is 5.74. The molecule has 2 fully saturated rings. The number of hydrogen-bond acceptors (Lipinski definition) is 3. The van der Waals surface area contributed by atoms with E-state index in [0.717, 1.165) is 64.8 Å². The van der Waals surface area contributed by atoms with Gasteiger partial charge in [-0.3, -0.25) is 4.79 Å². The second-order valence-corrected chi connectivity index (χ2v) is 5.74. The molecule has 0 aliphatic carbocycles. The molecule has 2 rings (SSSR count). The van der Waals surface area contributed by atoms with Gasteiger partial charge < -0.3 is 15.0 Å². The summed E-state index contributed by atoms with van der Waals surface area (Å²) < 4.78 is 5.61. The highest BCUT2D eigenvalue weighted by atomic mass is 16.5. The molecule has 0 aromatic heterocycles. The minimum Gasteiger partial charge on any atom is -0.378 e. The van der Waals surface area contributed by atoms with Gasteiger partial charge in [0.2, 0.25) is 5.91 Å². The lowest BCUT2D eigenvalue weighted by molar-refractivity contribution is -0.134. The van der Waals surface area contributed by atoms with Crippen LogP contribution in [0.4, 0.5) is 0 Å². The molecule has 0 aromatic carbocycles. The van der Waals surface area contributed by atoms with Crippen LogP contribution in [0.5, 0.6) is 0 Å². The van der Waals surface area contributed by atoms with E-state index in [9.17, 15) is 4.79 Å². The number of rotatable bonds is 6. The Balaban J connectivity index is 1.80. The van der Waals surface area contributed by atoms with Crippen molar-refractivity contribution < 1.29 is 9.53 Å². The smallest absolute Gasteiger partial charge is 0.222 e. The van der Waals surface area contributed by atoms with Gasteiger partial charge in [0.05, 0.1) is 6.10 Å². The van der Waals surface area contributed by atoms with Crippen molar-refractivity contribution in [2.24, 2.45) is 0 Å². The van der Waals surface area contributed by atoms with E-state index in [2.05, 4.69) is 17.1 Å². The molecule has 1 amide bonds. The maximum Gasteiger partial charge on any atom is 0.222 e. The van der Waals surface area contributed by atoms with Gasteiger partial charge in [-0.05, 0) is 51.6 Å². The van der Waals surface area contributed by atoms with Crippen LogP contribution in [0.3, 0.4) is 0 Å². The van der Waals surface area contributed by atoms with Crippen LogP contribution in [-0.2, 0) is 9.53 Å². The molecule has 2 saturated heterocycles. The molecule has 110 valence electrons. The summed E-state index contributed by atoms with van der Waals surface area (Å²) in [6, 6.07) is 0.457. The predicted molar refractivity (Wildman–Crippen MR) is 76.1 cm³/mol. The Morgan fingerprint density at radius 2 is 2.11 bits per heavy atom. The third-order valence-corrected chi connectivity index (χ3v) is 4.24. The molecule has 0 bridgehead atoms. The van der Waals surface area contributed by atoms with Crippen molar-refractivity contribution in [1.29, 1.82) is 0 Å². The summed E-state index contributed by atoms with van der Waals surface area (Å²) >= 11 is 0. The Hall–Kier alpha value is -0.610. The molecule has 1 unspecified atom stereocenters. The van der Waals surface area contributed by atoms with Crippen molar-refractivity contribution in [3.63, 3.8) is 0 Å². The van der Waals surface area contributed by atoms with Gasteiger partial charge in [-0.15, -0.1) is 0 Å². The summed E-state index contributed by atoms with van der Waals surface area (Å²) in [7, 11) is 0. The molecule has 0 spiro atoms. The first-order valence-electron chi connectivity index (χ1n) is 7.93. The SMILES string of the molecule is CCCN(C(=O)CCC1CCCO1)C1CCNCC1. The molecule has 1 atom stereocenters. The highest BCUT2D eigenvalue weighted by molar-refractivity contribution is 5.76. The van der Waals surface area contributed by atoms with Crippen LogP contribution in [0, 0.1) is 0 Å². The normalized spacial score (nSPS) is 24.6. The highest BCUT2D eigenvalue weighted by Crippen LogP contribution is 2.19. The van der Waals surface area contributed by atoms with Crippen LogP contribution in [0.2, 0.25) is 0 Å². The van der Waals surface area contributed by atoms with Gasteiger partial charge in [-0.2, -0.15) is 0 Å². The van der Waals surface area contributed by atoms with Crippen molar-refractivity contribution in [2.75, 3.05) is 26.2 Å². The summed E-state index contributed by atoms with van der Waals surface area (Å²) in [5.74, 6) is 0.337. The molecule has 4 heteroatoms. The first-order chi connectivity index (χ1) is 9.31. The van der Waals surface area contributed by atoms with Gasteiger partial charge in [0.1, 0.15) is 0 Å². The Labute approximate surface area is 116 Å². The number of carbonyl (C=O) groups is 1. The average Bonchev–Trinajstić information content (AvgIpc) is 2.96. The Kier molecular flexibility index (Phi) is 6.11. The van der Waals surface area contributed by atoms with E-state index in [-0.39, 0.29) is 0 Å². The molecule has 4 nitrogen and oxygen atoms in total. The van der Waals surface area contributed by atoms with Gasteiger partial charge >= 0.3 is 0 Å². The van der Waals surface area contributed by atoms with Crippen molar-refractivity contribution >= 4 is 5.91 Å². The molecule has 0 radical (unpaired) electrons. The first-order valence-corrected chi connectivity index (χ1v) is 7.93. The number of nitrogens with one attached hydrogen (secondary N) is 1. The van der Waals surface area contributed by atoms with Crippen LogP contribution in [-0.4, -0.2) is 49.2 Å². The van der Waals surface area contributed by atoms with Crippen molar-refractivity contribution in [3.8, 4) is 0 Å². The van der Waals surface area contributed by atoms with Crippen LogP contribution < -0.4 is 5.32 Å². The maximum absolute atomic E-state index is 12.4. The molecule has 1 N–H and O–H groups in total. The van der Waals surface area contributed by atoms with E-state index in [1.807, 2.05) is 0 Å². The van der Waals surface area contributed by atoms with E-state index in [4.69, 9.17) is 4.74 Å². The number of ether oxygens (including phenoxy) is 1. The molecular formula is C15H28N2O2. The van der Waals surface area contributed by atoms with E-state index in [1.165, 1.54) is 0 Å². The van der Waals surface area contributed by atoms with Crippen LogP contribution >= 0.6 is 0 Å². The van der Waals surface area contributed by atoms with Gasteiger partial charge in [0.25, 0.3) is 0 Å². The monoisotopic (exact) mass is 268 g/mol. The number of piperidine rings is 1. The fraction of sp³-hybridized carbons (Fsp3) is 0.933. The average molecular weight is 268 g/mol. The number of hydrogen-bond donors (Lipinski definition) is 1. The fourth-order valence-corrected chi connectivity index (χ4v) is 3.17. The molecule has 2 aliphatic heterocycles. The zero-order chi connectivity index (χ0) is 13.5. The molecular weight excluding hydrogens is 240 g/mol. The summed E-state index contributed by atoms with van der Waals surface area (Å²) in [5, 5.41) is 3.37. The van der Waals surface area contributed by atoms with Crippen LogP contribution in [0.25, 0.3) is 0 Å². The molecule has 2 aliphatic rings. The van der Waals surface area contributed by atoms with E-state index in [1.54, 1.807) is 0 Å². The van der Waals surface area contributed by atoms with E-state index in [0.29, 0.717) is 24.5 Å². The summed E-state index contributed by atoms with van der Waals surface area (Å²) in [4.78, 5) is 14.6. The number of carbonyl (C=O) groups excluding carboxylic acids is 1. The van der Waals surface area contributed by atoms with Crippen molar-refractivity contribution in [2.45, 2.75) is 64.0 Å². The number of nitrogens with zero attached hydrogens (tertiary/aromatic N) is 1. The molecule has 0 aromatic rings. The van der Waals surface area contributed by atoms with Gasteiger partial charge in [-0.25, -0.2) is 0 Å². The highest BCUT2D eigenvalue weighted by Gasteiger charge is 2.25. The summed E-state index contributed by atoms with van der Waals surface area (Å²) in [6.07, 6.45) is 7.45. The van der Waals surface area contributed by atoms with Crippen LogP contribution in [0.15, 0.2) is 0 Å². The zero-order valence-corrected chi connectivity index (χ0v) is 12.2. The largest absolute Gasteiger partial charge is 0.378 e. The fourth-order valence-electron chi connectivity index (χ4n) is 3.17. The lowest BCUT2D eigenvalue weighted by Crippen LogP contribution is -2.46. The van der Waals surface area contributed by atoms with Crippen LogP contribution in [0.1, 0.15) is 51.9 Å². The van der Waals surface area contributed by atoms with Crippen molar-refractivity contribution in [3.05, 3.63) is 0 Å². The molecule has 2 heterocycles. The lowest BCUT2D eigenvalue weighted by atomic mass is 10.0. The summed E-state index contributed by atoms with van der Waals surface area (Å²) in [5.41, 5.74) is 0. The topological polar surface area (TPSA) is 41.6 Å². The summed E-state index contributed by atoms with van der Waals surface area (Å²) in [6.45, 7) is 6.04. The van der Waals surface area contributed by atoms with Crippen molar-refractivity contribution in [1.82, 2.24) is 10.2 Å². The third-order valence-electron chi connectivity index (χ3n) is 4.24. The second kappa shape index (κ2) is 7.85. The molecule has 0 saturated carbocycles. The minimum absolute atomic E-state index is 0.334. The number of amides is 1. The third kappa shape index (κ3) is 4.46. The Morgan fingerprint density at radius 1 is 1.32 bits per heavy atom. The van der Waals surface area contributed by atoms with Gasteiger partial charge in [-0.1, -0.05) is 6.92 Å². The standard InChI is InChI=1S/C15H28N2O2/c1-2-11-17(13-7-9-16-10-8-13)15(18)6-5-14-4-3-12-19-14/h13-14,16H,2-12H2,1H3. The lowest BCUT2D eigenvalue weighted by Gasteiger charge is -2.35. The van der Waals surface area contributed by atoms with Gasteiger partial charge in [0, 0.05) is 25.6 Å². The zero-order valence-electron chi connectivity index (χ0n) is 12.2. The Morgan fingerprint density at radius 3 is 2.74 bits per heavy atom. The maximum atomic E-state index is 12.4. The predicted octanol–water partition coefficient (Wildman–Crippen LogP) is 1.94. The quantitative estimate of drug-likeness (QED) is 0.800. The van der Waals surface area contributed by atoms with Gasteiger partial charge in [0.15, 0.2) is 0 Å².